The Hall–Kier alpha value is -3.78. The third-order valence-corrected chi connectivity index (χ3v) is 4.95. The summed E-state index contributed by atoms with van der Waals surface area (Å²) in [4.78, 5) is 13.0. The number of hydrogen-bond donors (Lipinski definition) is 4. The topological polar surface area (TPSA) is 98.2 Å². The minimum absolute atomic E-state index is 0.160. The average molecular weight is 374 g/mol. The Balaban J connectivity index is 1.48. The number of aromatic nitrogens is 2. The molecule has 1 amide bonds. The number of H-pyrrole nitrogens is 1. The fourth-order valence-corrected chi connectivity index (χ4v) is 3.62. The summed E-state index contributed by atoms with van der Waals surface area (Å²) in [5.74, 6) is -0.160. The third-order valence-electron chi connectivity index (χ3n) is 4.95. The van der Waals surface area contributed by atoms with E-state index in [9.17, 15) is 4.79 Å². The molecule has 28 heavy (non-hydrogen) atoms. The number of hydrazine groups is 2. The molecule has 0 unspecified atom stereocenters. The van der Waals surface area contributed by atoms with Gasteiger partial charge in [0.1, 0.15) is 5.69 Å². The number of rotatable bonds is 3. The first-order chi connectivity index (χ1) is 13.6. The summed E-state index contributed by atoms with van der Waals surface area (Å²) >= 11 is 0. The fraction of sp³-hybridized carbons (Fsp3) is 0.100. The molecule has 0 spiro atoms. The van der Waals surface area contributed by atoms with E-state index in [1.54, 1.807) is 12.5 Å². The highest BCUT2D eigenvalue weighted by molar-refractivity contribution is 6.08. The van der Waals surface area contributed by atoms with Crippen LogP contribution < -0.4 is 16.3 Å². The van der Waals surface area contributed by atoms with Crippen molar-refractivity contribution in [2.75, 3.05) is 5.32 Å². The van der Waals surface area contributed by atoms with Crippen LogP contribution in [0.2, 0.25) is 0 Å². The van der Waals surface area contributed by atoms with Gasteiger partial charge in [-0.3, -0.25) is 14.9 Å². The van der Waals surface area contributed by atoms with Gasteiger partial charge in [-0.15, -0.1) is 5.53 Å². The number of anilines is 1. The van der Waals surface area contributed by atoms with Gasteiger partial charge in [0.05, 0.1) is 29.3 Å². The second kappa shape index (κ2) is 6.14. The van der Waals surface area contributed by atoms with E-state index in [4.69, 9.17) is 4.42 Å². The van der Waals surface area contributed by atoms with E-state index in [2.05, 4.69) is 26.5 Å². The smallest absolute Gasteiger partial charge is 0.257 e. The number of amides is 1. The van der Waals surface area contributed by atoms with Gasteiger partial charge in [0.25, 0.3) is 5.91 Å². The molecule has 0 aliphatic carbocycles. The van der Waals surface area contributed by atoms with Crippen molar-refractivity contribution in [3.63, 3.8) is 0 Å². The summed E-state index contributed by atoms with van der Waals surface area (Å²) in [6.45, 7) is 3.85. The Kier molecular flexibility index (Phi) is 3.59. The van der Waals surface area contributed by atoms with Crippen molar-refractivity contribution >= 4 is 22.5 Å². The third kappa shape index (κ3) is 2.50. The monoisotopic (exact) mass is 374 g/mol. The van der Waals surface area contributed by atoms with Crippen LogP contribution in [0.5, 0.6) is 0 Å². The molecule has 0 saturated carbocycles. The van der Waals surface area contributed by atoms with Crippen molar-refractivity contribution in [1.29, 1.82) is 0 Å². The quantitative estimate of drug-likeness (QED) is 0.562. The lowest BCUT2D eigenvalue weighted by Crippen LogP contribution is -2.38. The van der Waals surface area contributed by atoms with Gasteiger partial charge in [-0.2, -0.15) is 5.10 Å². The Morgan fingerprint density at radius 1 is 1.25 bits per heavy atom. The maximum Gasteiger partial charge on any atom is 0.257 e. The number of carbonyl (C=O) groups is 1. The zero-order chi connectivity index (χ0) is 19.3. The summed E-state index contributed by atoms with van der Waals surface area (Å²) in [5.41, 5.74) is 12.6. The number of fused-ring (bicyclic) bond motifs is 2. The molecule has 2 aromatic heterocycles. The number of hydrogen-bond acceptors (Lipinski definition) is 6. The summed E-state index contributed by atoms with van der Waals surface area (Å²) in [5, 5.41) is 13.1. The maximum atomic E-state index is 13.0. The summed E-state index contributed by atoms with van der Waals surface area (Å²) < 4.78 is 5.16. The second-order valence-corrected chi connectivity index (χ2v) is 6.75. The molecule has 4 heterocycles. The molecule has 0 bridgehead atoms. The minimum Gasteiger partial charge on any atom is -0.472 e. The lowest BCUT2D eigenvalue weighted by Gasteiger charge is -2.27. The van der Waals surface area contributed by atoms with E-state index in [1.165, 1.54) is 0 Å². The van der Waals surface area contributed by atoms with Gasteiger partial charge in [-0.1, -0.05) is 0 Å². The average Bonchev–Trinajstić information content (AvgIpc) is 3.41. The zero-order valence-electron chi connectivity index (χ0n) is 15.3. The van der Waals surface area contributed by atoms with Crippen LogP contribution in [0.4, 0.5) is 5.69 Å². The number of carbonyl (C=O) groups excluding carboxylic acids is 1. The van der Waals surface area contributed by atoms with E-state index in [0.717, 1.165) is 39.1 Å². The van der Waals surface area contributed by atoms with E-state index >= 15 is 0 Å². The van der Waals surface area contributed by atoms with Crippen LogP contribution in [-0.4, -0.2) is 21.1 Å². The first-order valence-corrected chi connectivity index (χ1v) is 8.85. The lowest BCUT2D eigenvalue weighted by atomic mass is 9.99. The highest BCUT2D eigenvalue weighted by atomic mass is 16.3. The number of nitrogens with zero attached hydrogens (tertiary/aromatic N) is 2. The number of furan rings is 1. The van der Waals surface area contributed by atoms with Crippen LogP contribution in [0.25, 0.3) is 22.2 Å². The second-order valence-electron chi connectivity index (χ2n) is 6.75. The van der Waals surface area contributed by atoms with Crippen LogP contribution in [0.3, 0.4) is 0 Å². The Bertz CT molecular complexity index is 1180. The zero-order valence-corrected chi connectivity index (χ0v) is 15.3. The molecule has 2 aliphatic rings. The van der Waals surface area contributed by atoms with E-state index in [0.29, 0.717) is 11.3 Å². The molecule has 0 fully saturated rings. The number of allylic oxidation sites excluding steroid dienone is 2. The molecule has 3 aromatic rings. The Labute approximate surface area is 160 Å². The lowest BCUT2D eigenvalue weighted by molar-refractivity contribution is -0.112. The van der Waals surface area contributed by atoms with Gasteiger partial charge >= 0.3 is 0 Å². The van der Waals surface area contributed by atoms with Gasteiger partial charge < -0.3 is 15.2 Å². The number of aromatic amines is 1. The highest BCUT2D eigenvalue weighted by Gasteiger charge is 2.27. The Morgan fingerprint density at radius 3 is 2.96 bits per heavy atom. The molecule has 5 rings (SSSR count). The molecule has 8 nitrogen and oxygen atoms in total. The van der Waals surface area contributed by atoms with Crippen LogP contribution >= 0.6 is 0 Å². The predicted molar refractivity (Wildman–Crippen MR) is 105 cm³/mol. The molecule has 2 aliphatic heterocycles. The van der Waals surface area contributed by atoms with Crippen LogP contribution in [-0.2, 0) is 4.79 Å². The first kappa shape index (κ1) is 16.4. The molecule has 0 radical (unpaired) electrons. The normalized spacial score (nSPS) is 16.0. The van der Waals surface area contributed by atoms with Crippen molar-refractivity contribution in [2.45, 2.75) is 13.8 Å². The summed E-state index contributed by atoms with van der Waals surface area (Å²) in [6.07, 6.45) is 7.07. The summed E-state index contributed by atoms with van der Waals surface area (Å²) in [6, 6.07) is 7.53. The molecule has 1 aromatic carbocycles. The van der Waals surface area contributed by atoms with Crippen molar-refractivity contribution in [2.24, 2.45) is 0 Å². The SMILES string of the molecule is CC1=CC2=CNNN2C(C)=C1C(=O)Nc1ccc2[nH]nc(-c3ccoc3)c2c1. The van der Waals surface area contributed by atoms with Gasteiger partial charge in [-0.05, 0) is 49.8 Å². The molecule has 0 saturated heterocycles. The largest absolute Gasteiger partial charge is 0.472 e. The Morgan fingerprint density at radius 2 is 2.14 bits per heavy atom. The van der Waals surface area contributed by atoms with Crippen molar-refractivity contribution in [3.8, 4) is 11.3 Å². The van der Waals surface area contributed by atoms with Crippen molar-refractivity contribution in [3.05, 3.63) is 71.6 Å². The van der Waals surface area contributed by atoms with Gasteiger partial charge in [0.2, 0.25) is 0 Å². The number of benzene rings is 1. The molecular formula is C20H18N6O2. The van der Waals surface area contributed by atoms with Gasteiger partial charge in [-0.25, -0.2) is 0 Å². The van der Waals surface area contributed by atoms with Crippen LogP contribution in [0.15, 0.2) is 76.0 Å². The molecular weight excluding hydrogens is 356 g/mol. The highest BCUT2D eigenvalue weighted by Crippen LogP contribution is 2.31. The maximum absolute atomic E-state index is 13.0. The summed E-state index contributed by atoms with van der Waals surface area (Å²) in [7, 11) is 0. The first-order valence-electron chi connectivity index (χ1n) is 8.85. The van der Waals surface area contributed by atoms with Crippen molar-refractivity contribution in [1.82, 2.24) is 26.2 Å². The fourth-order valence-electron chi connectivity index (χ4n) is 3.62. The van der Waals surface area contributed by atoms with Crippen LogP contribution in [0.1, 0.15) is 13.8 Å². The van der Waals surface area contributed by atoms with E-state index < -0.39 is 0 Å². The standard InChI is InChI=1S/C20H18N6O2/c1-11-7-15-9-21-25-26(15)12(2)18(11)20(27)22-14-3-4-17-16(8-14)19(24-23-17)13-5-6-28-10-13/h3-10,21,25H,1-2H3,(H,22,27)(H,23,24). The predicted octanol–water partition coefficient (Wildman–Crippen LogP) is 3.16. The van der Waals surface area contributed by atoms with Gasteiger partial charge in [0, 0.05) is 28.5 Å². The van der Waals surface area contributed by atoms with Gasteiger partial charge in [0.15, 0.2) is 0 Å². The van der Waals surface area contributed by atoms with E-state index in [1.807, 2.05) is 55.4 Å². The van der Waals surface area contributed by atoms with E-state index in [-0.39, 0.29) is 5.91 Å². The molecule has 0 atom stereocenters. The number of nitrogens with one attached hydrogen (secondary N) is 4. The molecule has 140 valence electrons. The van der Waals surface area contributed by atoms with Crippen LogP contribution in [0, 0.1) is 0 Å². The molecule has 4 N–H and O–H groups in total. The van der Waals surface area contributed by atoms with Crippen molar-refractivity contribution < 1.29 is 9.21 Å². The minimum atomic E-state index is -0.160. The molecule has 8 heteroatoms.